The van der Waals surface area contributed by atoms with Crippen molar-refractivity contribution in [2.75, 3.05) is 25.1 Å². The van der Waals surface area contributed by atoms with Gasteiger partial charge < -0.3 is 32.5 Å². The fourth-order valence-electron chi connectivity index (χ4n) is 1.74. The van der Waals surface area contributed by atoms with Crippen LogP contribution in [0.1, 0.15) is 19.3 Å². The Morgan fingerprint density at radius 1 is 1.04 bits per heavy atom. The van der Waals surface area contributed by atoms with Crippen molar-refractivity contribution in [3.8, 4) is 0 Å². The molecule has 0 aliphatic rings. The Morgan fingerprint density at radius 3 is 2.23 bits per heavy atom. The van der Waals surface area contributed by atoms with Gasteiger partial charge in [0.05, 0.1) is 12.6 Å². The molecule has 0 aromatic heterocycles. The average molecular weight is 391 g/mol. The normalized spacial score (nSPS) is 12.5. The van der Waals surface area contributed by atoms with Gasteiger partial charge in [0, 0.05) is 6.42 Å². The summed E-state index contributed by atoms with van der Waals surface area (Å²) in [6, 6.07) is -1.91. The number of nitrogens with two attached hydrogens (primary N) is 2. The quantitative estimate of drug-likeness (QED) is 0.193. The molecule has 4 amide bonds. The molecule has 0 aliphatic carbocycles. The molecule has 0 saturated carbocycles. The molecule has 0 aromatic rings. The zero-order valence-electron chi connectivity index (χ0n) is 14.4. The number of hydrogen-bond donors (Lipinski definition) is 6. The van der Waals surface area contributed by atoms with Crippen molar-refractivity contribution >= 4 is 41.4 Å². The van der Waals surface area contributed by atoms with Crippen molar-refractivity contribution < 1.29 is 29.1 Å². The topological polar surface area (TPSA) is 194 Å². The molecule has 0 radical (unpaired) electrons. The largest absolute Gasteiger partial charge is 0.480 e. The lowest BCUT2D eigenvalue weighted by Gasteiger charge is -2.20. The first kappa shape index (κ1) is 23.7. The number of carboxylic acids is 1. The summed E-state index contributed by atoms with van der Waals surface area (Å²) in [5, 5.41) is 15.4. The van der Waals surface area contributed by atoms with Crippen LogP contribution in [0.2, 0.25) is 0 Å². The smallest absolute Gasteiger partial charge is 0.322 e. The fourth-order valence-corrected chi connectivity index (χ4v) is 2.21. The van der Waals surface area contributed by atoms with Gasteiger partial charge >= 0.3 is 5.97 Å². The number of aliphatic carboxylic acids is 1. The molecular formula is C14H25N5O6S. The number of carbonyl (C=O) groups excluding carboxylic acids is 4. The first-order valence-electron chi connectivity index (χ1n) is 7.76. The molecule has 0 spiro atoms. The lowest BCUT2D eigenvalue weighted by atomic mass is 10.1. The van der Waals surface area contributed by atoms with E-state index in [0.717, 1.165) is 0 Å². The van der Waals surface area contributed by atoms with E-state index < -0.39 is 54.8 Å². The molecule has 0 aliphatic heterocycles. The van der Waals surface area contributed by atoms with Gasteiger partial charge in [0.25, 0.3) is 0 Å². The van der Waals surface area contributed by atoms with Crippen LogP contribution in [0, 0.1) is 0 Å². The SMILES string of the molecule is CSCCC(NC(=O)C(N)CCC(N)=O)C(=O)NCC(=O)NCC(=O)O. The first-order chi connectivity index (χ1) is 12.2. The maximum Gasteiger partial charge on any atom is 0.322 e. The molecule has 0 saturated heterocycles. The minimum Gasteiger partial charge on any atom is -0.480 e. The second kappa shape index (κ2) is 12.9. The van der Waals surface area contributed by atoms with E-state index in [9.17, 15) is 24.0 Å². The molecule has 0 aromatic carbocycles. The summed E-state index contributed by atoms with van der Waals surface area (Å²) in [5.74, 6) is -3.10. The molecule has 8 N–H and O–H groups in total. The van der Waals surface area contributed by atoms with Gasteiger partial charge in [0.1, 0.15) is 12.6 Å². The molecule has 0 bridgehead atoms. The number of carbonyl (C=O) groups is 5. The Morgan fingerprint density at radius 2 is 1.69 bits per heavy atom. The summed E-state index contributed by atoms with van der Waals surface area (Å²) < 4.78 is 0. The van der Waals surface area contributed by atoms with Gasteiger partial charge in [0.15, 0.2) is 0 Å². The molecule has 148 valence electrons. The van der Waals surface area contributed by atoms with E-state index in [1.807, 2.05) is 6.26 Å². The van der Waals surface area contributed by atoms with Crippen molar-refractivity contribution in [1.82, 2.24) is 16.0 Å². The summed E-state index contributed by atoms with van der Waals surface area (Å²) in [6.45, 7) is -0.985. The maximum absolute atomic E-state index is 12.2. The third kappa shape index (κ3) is 11.3. The van der Waals surface area contributed by atoms with Crippen LogP contribution in [0.4, 0.5) is 0 Å². The molecule has 0 rings (SSSR count). The van der Waals surface area contributed by atoms with E-state index in [1.54, 1.807) is 0 Å². The van der Waals surface area contributed by atoms with Crippen molar-refractivity contribution in [1.29, 1.82) is 0 Å². The van der Waals surface area contributed by atoms with Crippen LogP contribution in [-0.4, -0.2) is 71.9 Å². The van der Waals surface area contributed by atoms with Gasteiger partial charge in [-0.15, -0.1) is 0 Å². The van der Waals surface area contributed by atoms with Crippen molar-refractivity contribution in [2.24, 2.45) is 11.5 Å². The highest BCUT2D eigenvalue weighted by Crippen LogP contribution is 2.03. The van der Waals surface area contributed by atoms with E-state index in [-0.39, 0.29) is 12.8 Å². The van der Waals surface area contributed by atoms with Gasteiger partial charge in [-0.1, -0.05) is 0 Å². The van der Waals surface area contributed by atoms with Gasteiger partial charge in [-0.2, -0.15) is 11.8 Å². The van der Waals surface area contributed by atoms with Crippen LogP contribution in [0.5, 0.6) is 0 Å². The number of primary amides is 1. The Hall–Kier alpha value is -2.34. The highest BCUT2D eigenvalue weighted by molar-refractivity contribution is 7.98. The van der Waals surface area contributed by atoms with Gasteiger partial charge in [-0.25, -0.2) is 0 Å². The molecule has 11 nitrogen and oxygen atoms in total. The average Bonchev–Trinajstić information content (AvgIpc) is 2.58. The van der Waals surface area contributed by atoms with Gasteiger partial charge in [-0.3, -0.25) is 24.0 Å². The van der Waals surface area contributed by atoms with Crippen molar-refractivity contribution in [3.63, 3.8) is 0 Å². The van der Waals surface area contributed by atoms with Crippen molar-refractivity contribution in [2.45, 2.75) is 31.3 Å². The first-order valence-corrected chi connectivity index (χ1v) is 9.16. The van der Waals surface area contributed by atoms with E-state index in [1.165, 1.54) is 11.8 Å². The minimum atomic E-state index is -1.21. The van der Waals surface area contributed by atoms with E-state index >= 15 is 0 Å². The molecule has 2 unspecified atom stereocenters. The minimum absolute atomic E-state index is 0.0512. The molecule has 0 heterocycles. The van der Waals surface area contributed by atoms with E-state index in [2.05, 4.69) is 16.0 Å². The summed E-state index contributed by atoms with van der Waals surface area (Å²) in [6.07, 6.45) is 2.13. The van der Waals surface area contributed by atoms with Crippen molar-refractivity contribution in [3.05, 3.63) is 0 Å². The summed E-state index contributed by atoms with van der Waals surface area (Å²) in [7, 11) is 0. The number of carboxylic acid groups (broad SMARTS) is 1. The Labute approximate surface area is 155 Å². The van der Waals surface area contributed by atoms with Crippen LogP contribution in [0.25, 0.3) is 0 Å². The highest BCUT2D eigenvalue weighted by Gasteiger charge is 2.24. The van der Waals surface area contributed by atoms with Gasteiger partial charge in [0.2, 0.25) is 23.6 Å². The van der Waals surface area contributed by atoms with Crippen LogP contribution in [-0.2, 0) is 24.0 Å². The standard InChI is InChI=1S/C14H25N5O6S/c1-26-5-4-9(19-13(24)8(15)2-3-10(16)20)14(25)18-6-11(21)17-7-12(22)23/h8-9H,2-7,15H2,1H3,(H2,16,20)(H,17,21)(H,18,25)(H,19,24)(H,22,23). The number of amides is 4. The third-order valence-electron chi connectivity index (χ3n) is 3.14. The second-order valence-electron chi connectivity index (χ2n) is 5.34. The highest BCUT2D eigenvalue weighted by atomic mass is 32.2. The lowest BCUT2D eigenvalue weighted by Crippen LogP contribution is -2.53. The molecule has 0 fully saturated rings. The van der Waals surface area contributed by atoms with Crippen LogP contribution in [0.3, 0.4) is 0 Å². The number of hydrogen-bond acceptors (Lipinski definition) is 7. The second-order valence-corrected chi connectivity index (χ2v) is 6.33. The molecular weight excluding hydrogens is 366 g/mol. The third-order valence-corrected chi connectivity index (χ3v) is 3.79. The lowest BCUT2D eigenvalue weighted by molar-refractivity contribution is -0.138. The Bertz CT molecular complexity index is 530. The maximum atomic E-state index is 12.2. The zero-order valence-corrected chi connectivity index (χ0v) is 15.3. The van der Waals surface area contributed by atoms with Crippen LogP contribution < -0.4 is 27.4 Å². The number of rotatable bonds is 13. The van der Waals surface area contributed by atoms with Crippen LogP contribution in [0.15, 0.2) is 0 Å². The molecule has 2 atom stereocenters. The Kier molecular flexibility index (Phi) is 11.8. The molecule has 26 heavy (non-hydrogen) atoms. The monoisotopic (exact) mass is 391 g/mol. The van der Waals surface area contributed by atoms with E-state index in [4.69, 9.17) is 16.6 Å². The molecule has 12 heteroatoms. The predicted molar refractivity (Wildman–Crippen MR) is 95.0 cm³/mol. The summed E-state index contributed by atoms with van der Waals surface area (Å²) in [5.41, 5.74) is 10.7. The van der Waals surface area contributed by atoms with Gasteiger partial charge in [-0.05, 0) is 24.9 Å². The Balaban J connectivity index is 4.58. The predicted octanol–water partition coefficient (Wildman–Crippen LogP) is -2.87. The van der Waals surface area contributed by atoms with Crippen LogP contribution >= 0.6 is 11.8 Å². The summed E-state index contributed by atoms with van der Waals surface area (Å²) >= 11 is 1.46. The number of nitrogens with one attached hydrogen (secondary N) is 3. The number of thioether (sulfide) groups is 1. The van der Waals surface area contributed by atoms with E-state index in [0.29, 0.717) is 12.2 Å². The summed E-state index contributed by atoms with van der Waals surface area (Å²) in [4.78, 5) is 56.7. The zero-order chi connectivity index (χ0) is 20.1. The fraction of sp³-hybridized carbons (Fsp3) is 0.643.